The van der Waals surface area contributed by atoms with Gasteiger partial charge in [0, 0.05) is 6.42 Å². The average molecular weight is 304 g/mol. The summed E-state index contributed by atoms with van der Waals surface area (Å²) in [5, 5.41) is 0. The van der Waals surface area contributed by atoms with Gasteiger partial charge in [-0.15, -0.1) is 0 Å². The van der Waals surface area contributed by atoms with E-state index in [1.807, 2.05) is 13.8 Å². The highest BCUT2D eigenvalue weighted by Crippen LogP contribution is 2.29. The van der Waals surface area contributed by atoms with Crippen LogP contribution in [0.15, 0.2) is 24.3 Å². The largest absolute Gasteiger partial charge is 0.497 e. The van der Waals surface area contributed by atoms with Crippen molar-refractivity contribution in [2.75, 3.05) is 7.11 Å². The molecule has 2 rings (SSSR count). The second-order valence-electron chi connectivity index (χ2n) is 6.16. The maximum absolute atomic E-state index is 12.3. The smallest absolute Gasteiger partial charge is 0.338 e. The lowest BCUT2D eigenvalue weighted by atomic mass is 9.80. The third kappa shape index (κ3) is 3.87. The standard InChI is InChI=1S/C18H24O4/c1-12(2)17(15-6-4-5-7-16(15)19)22-18(20)13-8-10-14(21-3)11-9-13/h8-12,15,17H,4-7H2,1-3H3. The van der Waals surface area contributed by atoms with Crippen LogP contribution in [0.25, 0.3) is 0 Å². The molecule has 1 aromatic carbocycles. The summed E-state index contributed by atoms with van der Waals surface area (Å²) >= 11 is 0. The van der Waals surface area contributed by atoms with Crippen LogP contribution in [0.2, 0.25) is 0 Å². The van der Waals surface area contributed by atoms with Crippen LogP contribution in [-0.4, -0.2) is 25.0 Å². The lowest BCUT2D eigenvalue weighted by molar-refractivity contribution is -0.130. The summed E-state index contributed by atoms with van der Waals surface area (Å²) in [7, 11) is 1.58. The van der Waals surface area contributed by atoms with E-state index in [2.05, 4.69) is 0 Å². The zero-order chi connectivity index (χ0) is 16.1. The van der Waals surface area contributed by atoms with Crippen molar-refractivity contribution in [3.63, 3.8) is 0 Å². The van der Waals surface area contributed by atoms with Crippen molar-refractivity contribution in [1.82, 2.24) is 0 Å². The number of Topliss-reactive ketones (excluding diaryl/α,β-unsaturated/α-hetero) is 1. The molecule has 0 bridgehead atoms. The predicted octanol–water partition coefficient (Wildman–Crippen LogP) is 3.64. The van der Waals surface area contributed by atoms with Gasteiger partial charge in [-0.25, -0.2) is 4.79 Å². The fourth-order valence-electron chi connectivity index (χ4n) is 2.96. The number of hydrogen-bond acceptors (Lipinski definition) is 4. The van der Waals surface area contributed by atoms with Gasteiger partial charge in [-0.3, -0.25) is 4.79 Å². The number of rotatable bonds is 5. The van der Waals surface area contributed by atoms with Gasteiger partial charge in [-0.1, -0.05) is 20.3 Å². The van der Waals surface area contributed by atoms with Crippen LogP contribution in [0.5, 0.6) is 5.75 Å². The van der Waals surface area contributed by atoms with E-state index in [4.69, 9.17) is 9.47 Å². The topological polar surface area (TPSA) is 52.6 Å². The Morgan fingerprint density at radius 2 is 1.86 bits per heavy atom. The SMILES string of the molecule is COc1ccc(C(=O)OC(C(C)C)C2CCCCC2=O)cc1. The van der Waals surface area contributed by atoms with E-state index in [-0.39, 0.29) is 29.7 Å². The average Bonchev–Trinajstić information content (AvgIpc) is 2.53. The zero-order valence-electron chi connectivity index (χ0n) is 13.5. The molecule has 22 heavy (non-hydrogen) atoms. The monoisotopic (exact) mass is 304 g/mol. The van der Waals surface area contributed by atoms with Crippen molar-refractivity contribution < 1.29 is 19.1 Å². The Hall–Kier alpha value is -1.84. The van der Waals surface area contributed by atoms with Crippen molar-refractivity contribution in [3.05, 3.63) is 29.8 Å². The second kappa shape index (κ2) is 7.43. The van der Waals surface area contributed by atoms with Crippen LogP contribution >= 0.6 is 0 Å². The molecule has 2 unspecified atom stereocenters. The molecule has 0 heterocycles. The molecule has 0 N–H and O–H groups in total. The Kier molecular flexibility index (Phi) is 5.58. The van der Waals surface area contributed by atoms with Gasteiger partial charge in [-0.05, 0) is 43.0 Å². The van der Waals surface area contributed by atoms with Crippen molar-refractivity contribution >= 4 is 11.8 Å². The maximum Gasteiger partial charge on any atom is 0.338 e. The van der Waals surface area contributed by atoms with Crippen LogP contribution < -0.4 is 4.74 Å². The molecule has 0 aliphatic heterocycles. The Balaban J connectivity index is 2.09. The van der Waals surface area contributed by atoms with E-state index in [9.17, 15) is 9.59 Å². The van der Waals surface area contributed by atoms with Gasteiger partial charge >= 0.3 is 5.97 Å². The van der Waals surface area contributed by atoms with E-state index in [1.165, 1.54) is 0 Å². The van der Waals surface area contributed by atoms with Gasteiger partial charge in [-0.2, -0.15) is 0 Å². The van der Waals surface area contributed by atoms with E-state index >= 15 is 0 Å². The number of ether oxygens (including phenoxy) is 2. The summed E-state index contributed by atoms with van der Waals surface area (Å²) in [5.74, 6) is 0.511. The highest BCUT2D eigenvalue weighted by molar-refractivity contribution is 5.90. The molecule has 120 valence electrons. The van der Waals surface area contributed by atoms with Crippen LogP contribution in [0.4, 0.5) is 0 Å². The molecule has 0 spiro atoms. The minimum Gasteiger partial charge on any atom is -0.497 e. The maximum atomic E-state index is 12.3. The third-order valence-electron chi connectivity index (χ3n) is 4.22. The van der Waals surface area contributed by atoms with Crippen molar-refractivity contribution in [2.24, 2.45) is 11.8 Å². The van der Waals surface area contributed by atoms with Gasteiger partial charge in [0.15, 0.2) is 0 Å². The molecule has 1 fully saturated rings. The Morgan fingerprint density at radius 3 is 2.41 bits per heavy atom. The Morgan fingerprint density at radius 1 is 1.18 bits per heavy atom. The van der Waals surface area contributed by atoms with Crippen molar-refractivity contribution in [3.8, 4) is 5.75 Å². The Labute approximate surface area is 131 Å². The summed E-state index contributed by atoms with van der Waals surface area (Å²) in [6.45, 7) is 3.99. The molecule has 1 aliphatic carbocycles. The first kappa shape index (κ1) is 16.5. The molecule has 0 amide bonds. The highest BCUT2D eigenvalue weighted by atomic mass is 16.5. The summed E-state index contributed by atoms with van der Waals surface area (Å²) in [4.78, 5) is 24.5. The van der Waals surface area contributed by atoms with Gasteiger partial charge in [0.05, 0.1) is 18.6 Å². The fourth-order valence-corrected chi connectivity index (χ4v) is 2.96. The molecule has 0 saturated heterocycles. The van der Waals surface area contributed by atoms with E-state index < -0.39 is 0 Å². The first-order chi connectivity index (χ1) is 10.5. The summed E-state index contributed by atoms with van der Waals surface area (Å²) in [5.41, 5.74) is 0.481. The minimum atomic E-state index is -0.375. The molecular weight excluding hydrogens is 280 g/mol. The summed E-state index contributed by atoms with van der Waals surface area (Å²) in [6.07, 6.45) is 3.06. The highest BCUT2D eigenvalue weighted by Gasteiger charge is 2.35. The minimum absolute atomic E-state index is 0.120. The Bertz CT molecular complexity index is 518. The van der Waals surface area contributed by atoms with Gasteiger partial charge in [0.2, 0.25) is 0 Å². The number of esters is 1. The second-order valence-corrected chi connectivity index (χ2v) is 6.16. The number of carbonyl (C=O) groups is 2. The lowest BCUT2D eigenvalue weighted by Gasteiger charge is -2.31. The molecular formula is C18H24O4. The molecule has 0 aromatic heterocycles. The molecule has 4 heteroatoms. The summed E-state index contributed by atoms with van der Waals surface area (Å²) < 4.78 is 10.8. The van der Waals surface area contributed by atoms with Crippen molar-refractivity contribution in [1.29, 1.82) is 0 Å². The molecule has 1 aromatic rings. The first-order valence-electron chi connectivity index (χ1n) is 7.90. The van der Waals surface area contributed by atoms with Gasteiger partial charge in [0.1, 0.15) is 17.6 Å². The number of ketones is 1. The van der Waals surface area contributed by atoms with Gasteiger partial charge in [0.25, 0.3) is 0 Å². The molecule has 0 radical (unpaired) electrons. The van der Waals surface area contributed by atoms with Crippen LogP contribution in [0.3, 0.4) is 0 Å². The third-order valence-corrected chi connectivity index (χ3v) is 4.22. The number of methoxy groups -OCH3 is 1. The predicted molar refractivity (Wildman–Crippen MR) is 84.0 cm³/mol. The van der Waals surface area contributed by atoms with E-state index in [0.29, 0.717) is 17.7 Å². The van der Waals surface area contributed by atoms with Gasteiger partial charge < -0.3 is 9.47 Å². The molecule has 2 atom stereocenters. The lowest BCUT2D eigenvalue weighted by Crippen LogP contribution is -2.38. The normalized spacial score (nSPS) is 19.8. The molecule has 4 nitrogen and oxygen atoms in total. The first-order valence-corrected chi connectivity index (χ1v) is 7.90. The zero-order valence-corrected chi connectivity index (χ0v) is 13.5. The number of hydrogen-bond donors (Lipinski definition) is 0. The van der Waals surface area contributed by atoms with E-state index in [1.54, 1.807) is 31.4 Å². The van der Waals surface area contributed by atoms with Crippen LogP contribution in [0.1, 0.15) is 49.9 Å². The number of benzene rings is 1. The summed E-state index contributed by atoms with van der Waals surface area (Å²) in [6, 6.07) is 6.82. The molecule has 1 aliphatic rings. The fraction of sp³-hybridized carbons (Fsp3) is 0.556. The molecule has 1 saturated carbocycles. The number of carbonyl (C=O) groups excluding carboxylic acids is 2. The van der Waals surface area contributed by atoms with E-state index in [0.717, 1.165) is 19.3 Å². The van der Waals surface area contributed by atoms with Crippen LogP contribution in [-0.2, 0) is 9.53 Å². The van der Waals surface area contributed by atoms with Crippen LogP contribution in [0, 0.1) is 11.8 Å². The van der Waals surface area contributed by atoms with Crippen molar-refractivity contribution in [2.45, 2.75) is 45.6 Å². The quantitative estimate of drug-likeness (QED) is 0.779.